The third-order valence-electron chi connectivity index (χ3n) is 4.76. The van der Waals surface area contributed by atoms with Crippen LogP contribution in [0.25, 0.3) is 16.3 Å². The highest BCUT2D eigenvalue weighted by atomic mass is 35.5. The molecule has 0 saturated heterocycles. The molecule has 0 bridgehead atoms. The average Bonchev–Trinajstić information content (AvgIpc) is 2.95. The number of benzene rings is 3. The Kier molecular flexibility index (Phi) is 5.12. The van der Waals surface area contributed by atoms with E-state index < -0.39 is 11.8 Å². The number of carbonyl (C=O) groups is 2. The Hall–Kier alpha value is -3.11. The SMILES string of the molecule is CC(C)COc1ccc(C2=C(Cl)C(=O)N(c3cccc4ccccc34)C2=O)cc1. The van der Waals surface area contributed by atoms with Crippen LogP contribution in [0.5, 0.6) is 5.75 Å². The maximum Gasteiger partial charge on any atom is 0.277 e. The molecule has 1 aliphatic heterocycles. The van der Waals surface area contributed by atoms with Crippen molar-refractivity contribution in [2.75, 3.05) is 11.5 Å². The summed E-state index contributed by atoms with van der Waals surface area (Å²) in [6, 6.07) is 20.2. The first-order valence-electron chi connectivity index (χ1n) is 9.47. The molecule has 0 aliphatic carbocycles. The molecule has 1 heterocycles. The van der Waals surface area contributed by atoms with E-state index in [1.807, 2.05) is 36.4 Å². The van der Waals surface area contributed by atoms with Crippen molar-refractivity contribution in [1.29, 1.82) is 0 Å². The zero-order chi connectivity index (χ0) is 20.5. The number of amides is 2. The van der Waals surface area contributed by atoms with E-state index in [-0.39, 0.29) is 10.6 Å². The number of halogens is 1. The van der Waals surface area contributed by atoms with Crippen LogP contribution in [0, 0.1) is 5.92 Å². The standard InChI is InChI=1S/C24H20ClNO3/c1-15(2)14-29-18-12-10-17(11-13-18)21-22(25)24(28)26(23(21)27)20-9-5-7-16-6-3-4-8-19(16)20/h3-13,15H,14H2,1-2H3. The molecular weight excluding hydrogens is 386 g/mol. The van der Waals surface area contributed by atoms with Crippen LogP contribution in [0.4, 0.5) is 5.69 Å². The minimum absolute atomic E-state index is 0.0706. The highest BCUT2D eigenvalue weighted by Crippen LogP contribution is 2.38. The molecule has 29 heavy (non-hydrogen) atoms. The summed E-state index contributed by atoms with van der Waals surface area (Å²) in [5.74, 6) is 0.187. The van der Waals surface area contributed by atoms with Crippen LogP contribution in [0.2, 0.25) is 0 Å². The van der Waals surface area contributed by atoms with Gasteiger partial charge in [-0.1, -0.05) is 74.0 Å². The molecular formula is C24H20ClNO3. The lowest BCUT2D eigenvalue weighted by atomic mass is 10.1. The van der Waals surface area contributed by atoms with Crippen molar-refractivity contribution in [2.45, 2.75) is 13.8 Å². The number of fused-ring (bicyclic) bond motifs is 1. The van der Waals surface area contributed by atoms with Crippen LogP contribution in [-0.4, -0.2) is 18.4 Å². The number of anilines is 1. The molecule has 5 heteroatoms. The molecule has 2 amide bonds. The van der Waals surface area contributed by atoms with Gasteiger partial charge < -0.3 is 4.74 Å². The summed E-state index contributed by atoms with van der Waals surface area (Å²) < 4.78 is 5.69. The predicted molar refractivity (Wildman–Crippen MR) is 116 cm³/mol. The molecule has 0 spiro atoms. The number of carbonyl (C=O) groups excluding carboxylic acids is 2. The second-order valence-electron chi connectivity index (χ2n) is 7.36. The molecule has 4 rings (SSSR count). The van der Waals surface area contributed by atoms with Crippen molar-refractivity contribution in [1.82, 2.24) is 0 Å². The van der Waals surface area contributed by atoms with Crippen molar-refractivity contribution in [3.05, 3.63) is 77.3 Å². The minimum atomic E-state index is -0.511. The minimum Gasteiger partial charge on any atom is -0.493 e. The first-order valence-corrected chi connectivity index (χ1v) is 9.84. The highest BCUT2D eigenvalue weighted by Gasteiger charge is 2.39. The number of imide groups is 1. The van der Waals surface area contributed by atoms with Gasteiger partial charge in [-0.25, -0.2) is 4.90 Å². The summed E-state index contributed by atoms with van der Waals surface area (Å²) in [5.41, 5.74) is 1.33. The van der Waals surface area contributed by atoms with E-state index in [0.29, 0.717) is 29.5 Å². The smallest absolute Gasteiger partial charge is 0.277 e. The van der Waals surface area contributed by atoms with E-state index in [0.717, 1.165) is 15.7 Å². The van der Waals surface area contributed by atoms with Gasteiger partial charge in [-0.05, 0) is 35.1 Å². The number of hydrogen-bond donors (Lipinski definition) is 0. The molecule has 3 aromatic rings. The summed E-state index contributed by atoms with van der Waals surface area (Å²) >= 11 is 6.33. The van der Waals surface area contributed by atoms with E-state index in [4.69, 9.17) is 16.3 Å². The lowest BCUT2D eigenvalue weighted by Gasteiger charge is -2.17. The molecule has 0 fully saturated rings. The van der Waals surface area contributed by atoms with Gasteiger partial charge >= 0.3 is 0 Å². The second-order valence-corrected chi connectivity index (χ2v) is 7.74. The van der Waals surface area contributed by atoms with Gasteiger partial charge in [0.1, 0.15) is 10.8 Å². The molecule has 3 aromatic carbocycles. The van der Waals surface area contributed by atoms with E-state index in [1.54, 1.807) is 30.3 Å². The summed E-state index contributed by atoms with van der Waals surface area (Å²) in [6.07, 6.45) is 0. The monoisotopic (exact) mass is 405 g/mol. The van der Waals surface area contributed by atoms with Crippen LogP contribution in [0.1, 0.15) is 19.4 Å². The van der Waals surface area contributed by atoms with Crippen molar-refractivity contribution in [3.8, 4) is 5.75 Å². The normalized spacial score (nSPS) is 14.4. The maximum absolute atomic E-state index is 13.2. The molecule has 1 aliphatic rings. The molecule has 4 nitrogen and oxygen atoms in total. The molecule has 0 unspecified atom stereocenters. The van der Waals surface area contributed by atoms with Gasteiger partial charge in [-0.15, -0.1) is 0 Å². The van der Waals surface area contributed by atoms with Gasteiger partial charge in [-0.2, -0.15) is 0 Å². The fourth-order valence-electron chi connectivity index (χ4n) is 3.36. The van der Waals surface area contributed by atoms with Gasteiger partial charge in [0.25, 0.3) is 11.8 Å². The van der Waals surface area contributed by atoms with Gasteiger partial charge in [-0.3, -0.25) is 9.59 Å². The van der Waals surface area contributed by atoms with Crippen molar-refractivity contribution in [3.63, 3.8) is 0 Å². The molecule has 0 aromatic heterocycles. The Morgan fingerprint density at radius 3 is 2.31 bits per heavy atom. The van der Waals surface area contributed by atoms with Gasteiger partial charge in [0.05, 0.1) is 17.9 Å². The van der Waals surface area contributed by atoms with Gasteiger partial charge in [0.15, 0.2) is 0 Å². The Balaban J connectivity index is 1.68. The maximum atomic E-state index is 13.2. The fraction of sp³-hybridized carbons (Fsp3) is 0.167. The van der Waals surface area contributed by atoms with Crippen LogP contribution in [-0.2, 0) is 9.59 Å². The second kappa shape index (κ2) is 7.72. The average molecular weight is 406 g/mol. The van der Waals surface area contributed by atoms with Crippen molar-refractivity contribution >= 4 is 45.4 Å². The Morgan fingerprint density at radius 1 is 0.897 bits per heavy atom. The summed E-state index contributed by atoms with van der Waals surface area (Å²) in [6.45, 7) is 4.75. The van der Waals surface area contributed by atoms with Gasteiger partial charge in [0, 0.05) is 5.39 Å². The van der Waals surface area contributed by atoms with Crippen LogP contribution < -0.4 is 9.64 Å². The summed E-state index contributed by atoms with van der Waals surface area (Å²) in [7, 11) is 0. The highest BCUT2D eigenvalue weighted by molar-refractivity contribution is 6.60. The van der Waals surface area contributed by atoms with Crippen molar-refractivity contribution < 1.29 is 14.3 Å². The lowest BCUT2D eigenvalue weighted by molar-refractivity contribution is -0.119. The Bertz CT molecular complexity index is 1130. The van der Waals surface area contributed by atoms with E-state index in [9.17, 15) is 9.59 Å². The molecule has 0 N–H and O–H groups in total. The predicted octanol–water partition coefficient (Wildman–Crippen LogP) is 5.40. The number of nitrogens with zero attached hydrogens (tertiary/aromatic N) is 1. The molecule has 0 radical (unpaired) electrons. The molecule has 0 saturated carbocycles. The zero-order valence-electron chi connectivity index (χ0n) is 16.2. The molecule has 0 atom stereocenters. The Morgan fingerprint density at radius 2 is 1.59 bits per heavy atom. The number of hydrogen-bond acceptors (Lipinski definition) is 3. The fourth-order valence-corrected chi connectivity index (χ4v) is 3.63. The van der Waals surface area contributed by atoms with E-state index in [1.165, 1.54) is 0 Å². The quantitative estimate of drug-likeness (QED) is 0.534. The van der Waals surface area contributed by atoms with E-state index >= 15 is 0 Å². The van der Waals surface area contributed by atoms with E-state index in [2.05, 4.69) is 13.8 Å². The topological polar surface area (TPSA) is 46.6 Å². The molecule has 146 valence electrons. The third-order valence-corrected chi connectivity index (χ3v) is 5.11. The van der Waals surface area contributed by atoms with Crippen LogP contribution in [0.3, 0.4) is 0 Å². The van der Waals surface area contributed by atoms with Crippen molar-refractivity contribution in [2.24, 2.45) is 5.92 Å². The first kappa shape index (κ1) is 19.2. The third kappa shape index (κ3) is 3.52. The lowest BCUT2D eigenvalue weighted by Crippen LogP contribution is -2.31. The Labute approximate surface area is 174 Å². The number of ether oxygens (including phenoxy) is 1. The largest absolute Gasteiger partial charge is 0.493 e. The zero-order valence-corrected chi connectivity index (χ0v) is 16.9. The summed E-state index contributed by atoms with van der Waals surface area (Å²) in [4.78, 5) is 27.2. The van der Waals surface area contributed by atoms with Gasteiger partial charge in [0.2, 0.25) is 0 Å². The van der Waals surface area contributed by atoms with Crippen LogP contribution >= 0.6 is 11.6 Å². The summed E-state index contributed by atoms with van der Waals surface area (Å²) in [5, 5.41) is 1.69. The number of rotatable bonds is 5. The van der Waals surface area contributed by atoms with Crippen LogP contribution in [0.15, 0.2) is 71.8 Å². The first-order chi connectivity index (χ1) is 14.0.